The zero-order chi connectivity index (χ0) is 25.3. The van der Waals surface area contributed by atoms with Crippen LogP contribution in [0, 0.1) is 0 Å². The van der Waals surface area contributed by atoms with Crippen LogP contribution in [0.1, 0.15) is 0 Å². The molecule has 0 unspecified atom stereocenters. The third-order valence-electron chi connectivity index (χ3n) is 7.26. The molecule has 2 nitrogen and oxygen atoms in total. The smallest absolute Gasteiger partial charge is 0.115 e. The molecule has 0 saturated carbocycles. The van der Waals surface area contributed by atoms with Gasteiger partial charge in [0.05, 0.1) is 0 Å². The summed E-state index contributed by atoms with van der Waals surface area (Å²) < 4.78 is 0. The maximum Gasteiger partial charge on any atom is 0.115 e. The minimum absolute atomic E-state index is 1.02. The van der Waals surface area contributed by atoms with Crippen molar-refractivity contribution < 1.29 is 0 Å². The Labute approximate surface area is 221 Å². The van der Waals surface area contributed by atoms with Gasteiger partial charge < -0.3 is 0 Å². The molecule has 0 N–H and O–H groups in total. The summed E-state index contributed by atoms with van der Waals surface area (Å²) in [6.45, 7) is 0. The largest absolute Gasteiger partial charge is 0.244 e. The molecule has 0 bridgehead atoms. The van der Waals surface area contributed by atoms with E-state index >= 15 is 0 Å². The average molecular weight is 485 g/mol. The highest BCUT2D eigenvalue weighted by molar-refractivity contribution is 6.21. The summed E-state index contributed by atoms with van der Waals surface area (Å²) in [6, 6.07) is 45.9. The molecule has 0 aliphatic heterocycles. The number of hydrogen-bond donors (Lipinski definition) is 0. The van der Waals surface area contributed by atoms with Crippen LogP contribution >= 0.6 is 0 Å². The molecule has 7 aromatic rings. The predicted octanol–water partition coefficient (Wildman–Crippen LogP) is 9.45. The second kappa shape index (κ2) is 9.42. The Morgan fingerprint density at radius 2 is 0.763 bits per heavy atom. The average Bonchev–Trinajstić information content (AvgIpc) is 3.01. The first-order chi connectivity index (χ1) is 18.9. The Bertz CT molecular complexity index is 1880. The van der Waals surface area contributed by atoms with E-state index in [1.165, 1.54) is 54.9 Å². The van der Waals surface area contributed by atoms with Gasteiger partial charge in [0.25, 0.3) is 0 Å². The predicted molar refractivity (Wildman–Crippen MR) is 159 cm³/mol. The van der Waals surface area contributed by atoms with Crippen molar-refractivity contribution >= 4 is 21.5 Å². The van der Waals surface area contributed by atoms with Crippen LogP contribution < -0.4 is 0 Å². The van der Waals surface area contributed by atoms with Crippen molar-refractivity contribution in [3.63, 3.8) is 0 Å². The highest BCUT2D eigenvalue weighted by Gasteiger charge is 2.17. The van der Waals surface area contributed by atoms with Crippen LogP contribution in [-0.2, 0) is 0 Å². The second-order valence-corrected chi connectivity index (χ2v) is 9.49. The first-order valence-corrected chi connectivity index (χ1v) is 12.8. The molecule has 0 radical (unpaired) electrons. The molecule has 0 spiro atoms. The van der Waals surface area contributed by atoms with Crippen molar-refractivity contribution in [1.29, 1.82) is 0 Å². The summed E-state index contributed by atoms with van der Waals surface area (Å²) in [5.74, 6) is 0. The Balaban J connectivity index is 1.50. The van der Waals surface area contributed by atoms with Gasteiger partial charge in [-0.25, -0.2) is 9.97 Å². The van der Waals surface area contributed by atoms with E-state index in [0.717, 1.165) is 11.1 Å². The second-order valence-electron chi connectivity index (χ2n) is 9.49. The summed E-state index contributed by atoms with van der Waals surface area (Å²) in [4.78, 5) is 8.32. The molecular weight excluding hydrogens is 460 g/mol. The van der Waals surface area contributed by atoms with Crippen LogP contribution in [0.3, 0.4) is 0 Å². The fourth-order valence-corrected chi connectivity index (χ4v) is 5.49. The third kappa shape index (κ3) is 3.84. The molecule has 178 valence electrons. The van der Waals surface area contributed by atoms with Crippen molar-refractivity contribution in [3.8, 4) is 44.5 Å². The van der Waals surface area contributed by atoms with Gasteiger partial charge in [0.1, 0.15) is 6.33 Å². The first kappa shape index (κ1) is 22.1. The van der Waals surface area contributed by atoms with Gasteiger partial charge in [0.15, 0.2) is 0 Å². The fourth-order valence-electron chi connectivity index (χ4n) is 5.49. The lowest BCUT2D eigenvalue weighted by atomic mass is 9.85. The van der Waals surface area contributed by atoms with Crippen molar-refractivity contribution in [1.82, 2.24) is 9.97 Å². The quantitative estimate of drug-likeness (QED) is 0.233. The zero-order valence-electron chi connectivity index (χ0n) is 20.8. The van der Waals surface area contributed by atoms with Crippen molar-refractivity contribution in [2.24, 2.45) is 0 Å². The van der Waals surface area contributed by atoms with Crippen molar-refractivity contribution in [2.45, 2.75) is 0 Å². The van der Waals surface area contributed by atoms with Gasteiger partial charge in [0.2, 0.25) is 0 Å². The summed E-state index contributed by atoms with van der Waals surface area (Å²) in [7, 11) is 0. The van der Waals surface area contributed by atoms with E-state index in [1.54, 1.807) is 6.33 Å². The number of nitrogens with zero attached hydrogens (tertiary/aromatic N) is 2. The van der Waals surface area contributed by atoms with Crippen LogP contribution in [0.2, 0.25) is 0 Å². The molecule has 38 heavy (non-hydrogen) atoms. The van der Waals surface area contributed by atoms with Crippen LogP contribution in [-0.4, -0.2) is 9.97 Å². The lowest BCUT2D eigenvalue weighted by Crippen LogP contribution is -1.91. The molecule has 7 rings (SSSR count). The zero-order valence-corrected chi connectivity index (χ0v) is 20.8. The van der Waals surface area contributed by atoms with Gasteiger partial charge >= 0.3 is 0 Å². The maximum atomic E-state index is 4.16. The molecular formula is C36H24N2. The molecule has 2 heteroatoms. The number of hydrogen-bond acceptors (Lipinski definition) is 2. The van der Waals surface area contributed by atoms with Crippen LogP contribution in [0.15, 0.2) is 146 Å². The molecule has 0 fully saturated rings. The number of benzene rings is 6. The van der Waals surface area contributed by atoms with Gasteiger partial charge in [-0.15, -0.1) is 0 Å². The molecule has 1 heterocycles. The van der Waals surface area contributed by atoms with Gasteiger partial charge in [-0.2, -0.15) is 0 Å². The highest BCUT2D eigenvalue weighted by atomic mass is 14.8. The lowest BCUT2D eigenvalue weighted by molar-refractivity contribution is 1.17. The van der Waals surface area contributed by atoms with E-state index in [0.29, 0.717) is 0 Å². The Morgan fingerprint density at radius 3 is 1.34 bits per heavy atom. The minimum atomic E-state index is 1.02. The molecule has 1 aromatic heterocycles. The topological polar surface area (TPSA) is 25.8 Å². The van der Waals surface area contributed by atoms with Crippen LogP contribution in [0.25, 0.3) is 66.1 Å². The van der Waals surface area contributed by atoms with Crippen molar-refractivity contribution in [3.05, 3.63) is 146 Å². The van der Waals surface area contributed by atoms with Gasteiger partial charge in [0, 0.05) is 18.0 Å². The van der Waals surface area contributed by atoms with Gasteiger partial charge in [-0.1, -0.05) is 121 Å². The van der Waals surface area contributed by atoms with Gasteiger partial charge in [-0.05, 0) is 66.6 Å². The molecule has 0 aliphatic rings. The van der Waals surface area contributed by atoms with Crippen molar-refractivity contribution in [2.75, 3.05) is 0 Å². The molecule has 0 amide bonds. The Morgan fingerprint density at radius 1 is 0.316 bits per heavy atom. The normalized spacial score (nSPS) is 11.2. The number of aromatic nitrogens is 2. The minimum Gasteiger partial charge on any atom is -0.244 e. The van der Waals surface area contributed by atoms with E-state index in [2.05, 4.69) is 137 Å². The highest BCUT2D eigenvalue weighted by Crippen LogP contribution is 2.44. The third-order valence-corrected chi connectivity index (χ3v) is 7.26. The molecule has 0 saturated heterocycles. The van der Waals surface area contributed by atoms with E-state index in [-0.39, 0.29) is 0 Å². The first-order valence-electron chi connectivity index (χ1n) is 12.8. The SMILES string of the molecule is c1ccc(-c2c3ccccc3c(-c3ccccc3)c3cc(-c4ccc(-c5cncnc5)cc4)ccc23)cc1. The van der Waals surface area contributed by atoms with Crippen LogP contribution in [0.5, 0.6) is 0 Å². The van der Waals surface area contributed by atoms with E-state index in [4.69, 9.17) is 0 Å². The summed E-state index contributed by atoms with van der Waals surface area (Å²) in [5.41, 5.74) is 9.51. The van der Waals surface area contributed by atoms with E-state index in [1.807, 2.05) is 12.4 Å². The molecule has 0 atom stereocenters. The maximum absolute atomic E-state index is 4.16. The summed E-state index contributed by atoms with van der Waals surface area (Å²) in [5, 5.41) is 5.05. The van der Waals surface area contributed by atoms with E-state index in [9.17, 15) is 0 Å². The number of fused-ring (bicyclic) bond motifs is 2. The van der Waals surface area contributed by atoms with E-state index < -0.39 is 0 Å². The number of rotatable bonds is 4. The van der Waals surface area contributed by atoms with Gasteiger partial charge in [-0.3, -0.25) is 0 Å². The standard InChI is InChI=1S/C36H24N2/c1-3-9-27(10-4-1)35-31-13-7-8-14-32(31)36(28-11-5-2-6-12-28)34-21-29(19-20-33(34)35)25-15-17-26(18-16-25)30-22-37-24-38-23-30/h1-24H. The monoisotopic (exact) mass is 484 g/mol. The summed E-state index contributed by atoms with van der Waals surface area (Å²) >= 11 is 0. The lowest BCUT2D eigenvalue weighted by Gasteiger charge is -2.18. The fraction of sp³-hybridized carbons (Fsp3) is 0. The molecule has 0 aliphatic carbocycles. The Hall–Kier alpha value is -5.08. The Kier molecular flexibility index (Phi) is 5.49. The molecule has 6 aromatic carbocycles. The van der Waals surface area contributed by atoms with Crippen LogP contribution in [0.4, 0.5) is 0 Å². The summed E-state index contributed by atoms with van der Waals surface area (Å²) in [6.07, 6.45) is 5.26.